The molecule has 3 rings (SSSR count). The number of nitrogens with zero attached hydrogens (tertiary/aromatic N) is 1. The van der Waals surface area contributed by atoms with Gasteiger partial charge in [-0.3, -0.25) is 4.79 Å². The molecule has 1 N–H and O–H groups in total. The minimum Gasteiger partial charge on any atom is -0.487 e. The Morgan fingerprint density at radius 2 is 2.08 bits per heavy atom. The molecule has 1 aliphatic rings. The predicted molar refractivity (Wildman–Crippen MR) is 98.2 cm³/mol. The van der Waals surface area contributed by atoms with Gasteiger partial charge in [-0.1, -0.05) is 25.3 Å². The predicted octanol–water partition coefficient (Wildman–Crippen LogP) is 3.33. The van der Waals surface area contributed by atoms with Crippen LogP contribution in [0, 0.1) is 0 Å². The van der Waals surface area contributed by atoms with Crippen LogP contribution in [-0.4, -0.2) is 29.5 Å². The molecule has 1 fully saturated rings. The Morgan fingerprint density at radius 1 is 1.27 bits per heavy atom. The quantitative estimate of drug-likeness (QED) is 0.785. The summed E-state index contributed by atoms with van der Waals surface area (Å²) in [7, 11) is 1.36. The summed E-state index contributed by atoms with van der Waals surface area (Å²) in [4.78, 5) is 29.2. The van der Waals surface area contributed by atoms with Gasteiger partial charge < -0.3 is 14.8 Å². The van der Waals surface area contributed by atoms with Crippen molar-refractivity contribution < 1.29 is 19.1 Å². The molecule has 138 valence electrons. The van der Waals surface area contributed by atoms with Crippen molar-refractivity contribution in [3.05, 3.63) is 46.4 Å². The van der Waals surface area contributed by atoms with Gasteiger partial charge in [0.2, 0.25) is 0 Å². The topological polar surface area (TPSA) is 77.5 Å². The van der Waals surface area contributed by atoms with Crippen LogP contribution in [0.25, 0.3) is 0 Å². The molecular weight excluding hydrogens is 352 g/mol. The summed E-state index contributed by atoms with van der Waals surface area (Å²) >= 11 is 1.51. The summed E-state index contributed by atoms with van der Waals surface area (Å²) < 4.78 is 10.6. The van der Waals surface area contributed by atoms with Crippen molar-refractivity contribution in [3.8, 4) is 5.75 Å². The maximum atomic E-state index is 12.7. The summed E-state index contributed by atoms with van der Waals surface area (Å²) in [6, 6.07) is 6.94. The number of amides is 1. The van der Waals surface area contributed by atoms with E-state index in [0.29, 0.717) is 30.8 Å². The average molecular weight is 374 g/mol. The molecular formula is C19H22N2O4S. The van der Waals surface area contributed by atoms with Crippen LogP contribution in [-0.2, 0) is 16.1 Å². The zero-order valence-corrected chi connectivity index (χ0v) is 15.5. The summed E-state index contributed by atoms with van der Waals surface area (Å²) in [6.45, 7) is 0.348. The van der Waals surface area contributed by atoms with Gasteiger partial charge in [0.1, 0.15) is 17.9 Å². The lowest BCUT2D eigenvalue weighted by molar-refractivity contribution is -0.149. The number of ether oxygens (including phenoxy) is 2. The van der Waals surface area contributed by atoms with Gasteiger partial charge in [0.15, 0.2) is 0 Å². The van der Waals surface area contributed by atoms with Crippen molar-refractivity contribution in [1.29, 1.82) is 0 Å². The van der Waals surface area contributed by atoms with Gasteiger partial charge >= 0.3 is 5.97 Å². The van der Waals surface area contributed by atoms with Crippen molar-refractivity contribution in [1.82, 2.24) is 10.3 Å². The Labute approximate surface area is 156 Å². The molecule has 1 heterocycles. The number of methoxy groups -OCH3 is 1. The average Bonchev–Trinajstić information content (AvgIpc) is 3.20. The maximum Gasteiger partial charge on any atom is 0.331 e. The summed E-state index contributed by atoms with van der Waals surface area (Å²) in [5.74, 6) is -0.0840. The van der Waals surface area contributed by atoms with E-state index in [2.05, 4.69) is 10.3 Å². The molecule has 0 unspecified atom stereocenters. The van der Waals surface area contributed by atoms with Crippen molar-refractivity contribution >= 4 is 23.2 Å². The third-order valence-electron chi connectivity index (χ3n) is 4.60. The molecule has 7 heteroatoms. The van der Waals surface area contributed by atoms with Gasteiger partial charge in [-0.2, -0.15) is 0 Å². The minimum atomic E-state index is -0.929. The summed E-state index contributed by atoms with van der Waals surface area (Å²) in [6.07, 6.45) is 4.06. The standard InChI is InChI=1S/C19H22N2O4S/c1-24-18(23)19(8-3-2-4-9-19)21-17(22)14-6-5-7-16(10-14)25-11-15-12-26-13-20-15/h5-7,10,12-13H,2-4,8-9,11H2,1H3,(H,21,22). The molecule has 0 aliphatic heterocycles. The third-order valence-corrected chi connectivity index (χ3v) is 5.24. The van der Waals surface area contributed by atoms with Gasteiger partial charge in [-0.05, 0) is 31.0 Å². The van der Waals surface area contributed by atoms with Gasteiger partial charge in [0.25, 0.3) is 5.91 Å². The second-order valence-corrected chi connectivity index (χ2v) is 7.10. The summed E-state index contributed by atoms with van der Waals surface area (Å²) in [5.41, 5.74) is 2.12. The Kier molecular flexibility index (Phi) is 5.88. The first-order chi connectivity index (χ1) is 12.6. The smallest absolute Gasteiger partial charge is 0.331 e. The van der Waals surface area contributed by atoms with E-state index in [1.54, 1.807) is 29.8 Å². The van der Waals surface area contributed by atoms with E-state index in [1.165, 1.54) is 18.4 Å². The van der Waals surface area contributed by atoms with Crippen LogP contribution in [0.4, 0.5) is 0 Å². The number of aromatic nitrogens is 1. The van der Waals surface area contributed by atoms with E-state index >= 15 is 0 Å². The SMILES string of the molecule is COC(=O)C1(NC(=O)c2cccc(OCc3cscn3)c2)CCCCC1. The molecule has 1 amide bonds. The number of benzene rings is 1. The number of thiazole rings is 1. The molecule has 6 nitrogen and oxygen atoms in total. The summed E-state index contributed by atoms with van der Waals surface area (Å²) in [5, 5.41) is 4.83. The number of hydrogen-bond acceptors (Lipinski definition) is 6. The van der Waals surface area contributed by atoms with Crippen molar-refractivity contribution in [3.63, 3.8) is 0 Å². The highest BCUT2D eigenvalue weighted by Crippen LogP contribution is 2.30. The molecule has 1 aromatic heterocycles. The van der Waals surface area contributed by atoms with Gasteiger partial charge in [0, 0.05) is 10.9 Å². The highest BCUT2D eigenvalue weighted by atomic mass is 32.1. The molecule has 26 heavy (non-hydrogen) atoms. The first kappa shape index (κ1) is 18.4. The highest BCUT2D eigenvalue weighted by Gasteiger charge is 2.42. The Balaban J connectivity index is 1.70. The van der Waals surface area contributed by atoms with Crippen LogP contribution in [0.15, 0.2) is 35.2 Å². The molecule has 0 radical (unpaired) electrons. The zero-order chi connectivity index (χ0) is 18.4. The third kappa shape index (κ3) is 4.22. The van der Waals surface area contributed by atoms with Crippen LogP contribution in [0.1, 0.15) is 48.2 Å². The van der Waals surface area contributed by atoms with E-state index in [0.717, 1.165) is 25.0 Å². The first-order valence-corrected chi connectivity index (χ1v) is 9.58. The highest BCUT2D eigenvalue weighted by molar-refractivity contribution is 7.07. The van der Waals surface area contributed by atoms with Crippen LogP contribution < -0.4 is 10.1 Å². The van der Waals surface area contributed by atoms with Crippen LogP contribution in [0.3, 0.4) is 0 Å². The number of carbonyl (C=O) groups is 2. The lowest BCUT2D eigenvalue weighted by Gasteiger charge is -2.35. The van der Waals surface area contributed by atoms with Crippen molar-refractivity contribution in [2.24, 2.45) is 0 Å². The van der Waals surface area contributed by atoms with E-state index in [1.807, 2.05) is 5.38 Å². The zero-order valence-electron chi connectivity index (χ0n) is 14.7. The molecule has 1 aliphatic carbocycles. The Bertz CT molecular complexity index is 755. The van der Waals surface area contributed by atoms with E-state index in [9.17, 15) is 9.59 Å². The fourth-order valence-corrected chi connectivity index (χ4v) is 3.76. The number of esters is 1. The second-order valence-electron chi connectivity index (χ2n) is 6.38. The fraction of sp³-hybridized carbons (Fsp3) is 0.421. The maximum absolute atomic E-state index is 12.7. The van der Waals surface area contributed by atoms with Crippen LogP contribution in [0.2, 0.25) is 0 Å². The van der Waals surface area contributed by atoms with Crippen molar-refractivity contribution in [2.45, 2.75) is 44.2 Å². The number of rotatable bonds is 6. The molecule has 2 aromatic rings. The van der Waals surface area contributed by atoms with Gasteiger partial charge in [-0.15, -0.1) is 11.3 Å². The molecule has 0 spiro atoms. The largest absolute Gasteiger partial charge is 0.487 e. The lowest BCUT2D eigenvalue weighted by atomic mass is 9.81. The normalized spacial score (nSPS) is 15.9. The number of nitrogens with one attached hydrogen (secondary N) is 1. The molecule has 1 aromatic carbocycles. The lowest BCUT2D eigenvalue weighted by Crippen LogP contribution is -2.56. The van der Waals surface area contributed by atoms with Crippen LogP contribution in [0.5, 0.6) is 5.75 Å². The second kappa shape index (κ2) is 8.31. The molecule has 0 bridgehead atoms. The van der Waals surface area contributed by atoms with Crippen molar-refractivity contribution in [2.75, 3.05) is 7.11 Å². The number of hydrogen-bond donors (Lipinski definition) is 1. The van der Waals surface area contributed by atoms with E-state index < -0.39 is 5.54 Å². The van der Waals surface area contributed by atoms with E-state index in [-0.39, 0.29) is 11.9 Å². The molecule has 0 atom stereocenters. The van der Waals surface area contributed by atoms with Gasteiger partial charge in [0.05, 0.1) is 18.3 Å². The minimum absolute atomic E-state index is 0.295. The molecule has 0 saturated heterocycles. The Hall–Kier alpha value is -2.41. The number of carbonyl (C=O) groups excluding carboxylic acids is 2. The fourth-order valence-electron chi connectivity index (χ4n) is 3.21. The molecule has 1 saturated carbocycles. The van der Waals surface area contributed by atoms with E-state index in [4.69, 9.17) is 9.47 Å². The van der Waals surface area contributed by atoms with Crippen LogP contribution >= 0.6 is 11.3 Å². The first-order valence-electron chi connectivity index (χ1n) is 8.64. The van der Waals surface area contributed by atoms with Gasteiger partial charge in [-0.25, -0.2) is 9.78 Å². The Morgan fingerprint density at radius 3 is 2.77 bits per heavy atom. The monoisotopic (exact) mass is 374 g/mol.